The van der Waals surface area contributed by atoms with Crippen LogP contribution in [0.25, 0.3) is 0 Å². The third-order valence-electron chi connectivity index (χ3n) is 9.43. The molecule has 0 aliphatic heterocycles. The Balaban J connectivity index is 2.02. The van der Waals surface area contributed by atoms with E-state index in [0.717, 1.165) is 29.5 Å². The minimum absolute atomic E-state index is 0.250. The number of hydrogen-bond acceptors (Lipinski definition) is 6. The molecule has 0 saturated carbocycles. The molecule has 12 nitrogen and oxygen atoms in total. The van der Waals surface area contributed by atoms with Crippen molar-refractivity contribution < 1.29 is 47.3 Å². The molecular formula is C40H52MoN6O6Si2. The van der Waals surface area contributed by atoms with E-state index in [1.165, 1.54) is 0 Å². The molecule has 0 bridgehead atoms. The molecule has 0 aromatic heterocycles. The Kier molecular flexibility index (Phi) is 13.3. The summed E-state index contributed by atoms with van der Waals surface area (Å²) in [4.78, 5) is 83.5. The zero-order valence-corrected chi connectivity index (χ0v) is 37.1. The first-order valence-electron chi connectivity index (χ1n) is 18.0. The van der Waals surface area contributed by atoms with Crippen LogP contribution in [-0.4, -0.2) is 66.0 Å². The van der Waals surface area contributed by atoms with Crippen molar-refractivity contribution in [3.05, 3.63) is 113 Å². The van der Waals surface area contributed by atoms with Crippen molar-refractivity contribution in [2.24, 2.45) is 10.8 Å². The van der Waals surface area contributed by atoms with E-state index in [9.17, 15) is 28.8 Å². The number of nitrogens with one attached hydrogen (secondary N) is 6. The van der Waals surface area contributed by atoms with Crippen LogP contribution in [0, 0.1) is 10.8 Å². The Bertz CT molecular complexity index is 1840. The van der Waals surface area contributed by atoms with Crippen LogP contribution >= 0.6 is 0 Å². The molecule has 4 rings (SSSR count). The summed E-state index contributed by atoms with van der Waals surface area (Å²) in [5.41, 5.74) is 2.74. The van der Waals surface area contributed by atoms with Crippen LogP contribution in [-0.2, 0) is 37.7 Å². The number of amides is 6. The monoisotopic (exact) mass is 866 g/mol. The van der Waals surface area contributed by atoms with Gasteiger partial charge in [-0.3, -0.25) is 0 Å². The molecule has 2 aromatic rings. The molecule has 0 heterocycles. The second kappa shape index (κ2) is 17.0. The maximum atomic E-state index is 13.7. The van der Waals surface area contributed by atoms with Crippen molar-refractivity contribution in [3.63, 3.8) is 0 Å². The van der Waals surface area contributed by atoms with Gasteiger partial charge < -0.3 is 0 Å². The van der Waals surface area contributed by atoms with Crippen molar-refractivity contribution in [3.8, 4) is 0 Å². The first-order chi connectivity index (χ1) is 25.7. The van der Waals surface area contributed by atoms with Crippen LogP contribution in [0.3, 0.4) is 0 Å². The number of carbonyl (C=O) groups is 6. The van der Waals surface area contributed by atoms with Gasteiger partial charge in [0.05, 0.1) is 0 Å². The van der Waals surface area contributed by atoms with E-state index < -0.39 is 57.9 Å². The third kappa shape index (κ3) is 9.25. The summed E-state index contributed by atoms with van der Waals surface area (Å²) in [6.45, 7) is 20.4. The molecule has 6 amide bonds. The molecule has 0 saturated heterocycles. The summed E-state index contributed by atoms with van der Waals surface area (Å²) in [5.74, 6) is -0.500. The average Bonchev–Trinajstić information content (AvgIpc) is 3.59. The van der Waals surface area contributed by atoms with Crippen molar-refractivity contribution in [2.45, 2.75) is 79.8 Å². The summed E-state index contributed by atoms with van der Waals surface area (Å²) >= 11 is -1.60. The summed E-state index contributed by atoms with van der Waals surface area (Å²) < 4.78 is 1.79. The molecule has 2 aliphatic carbocycles. The van der Waals surface area contributed by atoms with Crippen LogP contribution in [0.4, 0.5) is 0 Å². The number of rotatable bonds is 16. The van der Waals surface area contributed by atoms with Crippen LogP contribution < -0.4 is 31.2 Å². The van der Waals surface area contributed by atoms with Gasteiger partial charge in [-0.25, -0.2) is 0 Å². The van der Waals surface area contributed by atoms with Gasteiger partial charge in [-0.1, -0.05) is 0 Å². The normalized spacial score (nSPS) is 17.9. The van der Waals surface area contributed by atoms with Crippen molar-refractivity contribution in [1.29, 1.82) is 0 Å². The van der Waals surface area contributed by atoms with Crippen molar-refractivity contribution in [1.82, 2.24) is 31.2 Å². The molecule has 6 N–H and O–H groups in total. The van der Waals surface area contributed by atoms with Crippen LogP contribution in [0.2, 0.25) is 26.2 Å². The van der Waals surface area contributed by atoms with E-state index in [0.29, 0.717) is 48.2 Å². The summed E-state index contributed by atoms with van der Waals surface area (Å²) in [7, 11) is -5.99. The quantitative estimate of drug-likeness (QED) is 0.109. The molecule has 0 spiro atoms. The van der Waals surface area contributed by atoms with Crippen LogP contribution in [0.5, 0.6) is 0 Å². The number of allylic oxidation sites excluding steroid dienone is 4. The standard InChI is InChI=1S/2C20H26N3O3Si.Mo/c2*1-20(2,3)15-11-16(21-12-24)17(22-13-25)18(15)27(4,5)23-19(26)14-9-7-6-8-10-14;/h2*6-10,12-13,16H,1-5H3,(H,21,24)(H,22,25)(H,23,26);. The van der Waals surface area contributed by atoms with Gasteiger partial charge in [0.15, 0.2) is 0 Å². The predicted molar refractivity (Wildman–Crippen MR) is 214 cm³/mol. The molecule has 15 heteroatoms. The molecule has 2 aromatic carbocycles. The van der Waals surface area contributed by atoms with Gasteiger partial charge in [0.1, 0.15) is 0 Å². The van der Waals surface area contributed by atoms with Gasteiger partial charge in [-0.2, -0.15) is 0 Å². The fourth-order valence-corrected chi connectivity index (χ4v) is 18.2. The van der Waals surface area contributed by atoms with Crippen LogP contribution in [0.1, 0.15) is 62.3 Å². The SMILES string of the molecule is CC(C)(C)C1=[C]([Mo][C]2=C(C(C)(C)C)C([Si](C)(C)NC(=O)c3ccccc3)=C(NC=O)C2NC=O)C(NC=O)C(NC=O)=C1[Si](C)(C)NC(=O)c1ccccc1. The Labute approximate surface area is 334 Å². The average molecular weight is 865 g/mol. The number of carbonyl (C=O) groups excluding carboxylic acids is 6. The second-order valence-corrected chi connectivity index (χ2v) is 27.2. The Hall–Kier alpha value is -4.66. The van der Waals surface area contributed by atoms with E-state index in [-0.39, 0.29) is 11.8 Å². The zero-order valence-electron chi connectivity index (χ0n) is 33.1. The van der Waals surface area contributed by atoms with Crippen LogP contribution in [0.15, 0.2) is 102 Å². The molecule has 2 unspecified atom stereocenters. The molecule has 292 valence electrons. The van der Waals surface area contributed by atoms with Gasteiger partial charge in [-0.05, 0) is 0 Å². The Morgan fingerprint density at radius 1 is 0.564 bits per heavy atom. The molecule has 2 atom stereocenters. The molecular weight excluding hydrogens is 813 g/mol. The van der Waals surface area contributed by atoms with Crippen molar-refractivity contribution >= 4 is 53.9 Å². The topological polar surface area (TPSA) is 175 Å². The van der Waals surface area contributed by atoms with Gasteiger partial charge in [0.25, 0.3) is 0 Å². The fraction of sp³-hybridized carbons (Fsp3) is 0.350. The molecule has 55 heavy (non-hydrogen) atoms. The Morgan fingerprint density at radius 3 is 1.16 bits per heavy atom. The number of benzene rings is 2. The van der Waals surface area contributed by atoms with E-state index in [2.05, 4.69) is 72.8 Å². The minimum atomic E-state index is -3.00. The summed E-state index contributed by atoms with van der Waals surface area (Å²) in [6.07, 6.45) is 2.39. The van der Waals surface area contributed by atoms with E-state index in [1.54, 1.807) is 48.5 Å². The zero-order chi connectivity index (χ0) is 40.9. The molecule has 2 aliphatic rings. The molecule has 0 radical (unpaired) electrons. The summed E-state index contributed by atoms with van der Waals surface area (Å²) in [5, 5.41) is 13.4. The van der Waals surface area contributed by atoms with E-state index in [4.69, 9.17) is 0 Å². The van der Waals surface area contributed by atoms with Crippen molar-refractivity contribution in [2.75, 3.05) is 0 Å². The number of hydrogen-bond donors (Lipinski definition) is 6. The Morgan fingerprint density at radius 2 is 0.891 bits per heavy atom. The first kappa shape index (κ1) is 43.1. The van der Waals surface area contributed by atoms with E-state index >= 15 is 0 Å². The third-order valence-corrected chi connectivity index (χ3v) is 17.9. The molecule has 0 fully saturated rings. The maximum absolute atomic E-state index is 13.7. The second-order valence-electron chi connectivity index (χ2n) is 16.5. The van der Waals surface area contributed by atoms with Gasteiger partial charge >= 0.3 is 336 Å². The fourth-order valence-electron chi connectivity index (χ4n) is 7.39. The summed E-state index contributed by atoms with van der Waals surface area (Å²) in [6, 6.07) is 16.3. The van der Waals surface area contributed by atoms with Gasteiger partial charge in [0.2, 0.25) is 0 Å². The van der Waals surface area contributed by atoms with Gasteiger partial charge in [0, 0.05) is 0 Å². The van der Waals surface area contributed by atoms with E-state index in [1.807, 2.05) is 38.3 Å². The predicted octanol–water partition coefficient (Wildman–Crippen LogP) is 4.27. The van der Waals surface area contributed by atoms with Gasteiger partial charge in [-0.15, -0.1) is 0 Å². The first-order valence-corrected chi connectivity index (χ1v) is 26.0.